The van der Waals surface area contributed by atoms with Gasteiger partial charge in [-0.05, 0) is 12.5 Å². The maximum absolute atomic E-state index is 13.4. The monoisotopic (exact) mass is 261 g/mol. The predicted octanol–water partition coefficient (Wildman–Crippen LogP) is 2.47. The first-order chi connectivity index (χ1) is 8.04. The van der Waals surface area contributed by atoms with Crippen molar-refractivity contribution in [2.45, 2.75) is 24.6 Å². The Morgan fingerprint density at radius 2 is 2.12 bits per heavy atom. The fraction of sp³-hybridized carbons (Fsp3) is 0.500. The summed E-state index contributed by atoms with van der Waals surface area (Å²) in [5.41, 5.74) is 6.17. The average Bonchev–Trinajstić information content (AvgIpc) is 2.26. The molecule has 0 fully saturated rings. The van der Waals surface area contributed by atoms with Crippen LogP contribution in [0.4, 0.5) is 8.78 Å². The van der Waals surface area contributed by atoms with Crippen LogP contribution in [-0.4, -0.2) is 22.7 Å². The van der Waals surface area contributed by atoms with Gasteiger partial charge in [-0.15, -0.1) is 0 Å². The SMILES string of the molecule is CC(CCO)SCC(N)c1ccc(F)cc1F. The van der Waals surface area contributed by atoms with E-state index in [2.05, 4.69) is 0 Å². The molecule has 0 aromatic heterocycles. The Morgan fingerprint density at radius 1 is 1.41 bits per heavy atom. The van der Waals surface area contributed by atoms with Crippen LogP contribution < -0.4 is 5.73 Å². The zero-order valence-corrected chi connectivity index (χ0v) is 10.5. The van der Waals surface area contributed by atoms with Gasteiger partial charge in [0.2, 0.25) is 0 Å². The molecule has 0 aliphatic rings. The lowest BCUT2D eigenvalue weighted by molar-refractivity contribution is 0.289. The van der Waals surface area contributed by atoms with Gasteiger partial charge in [0, 0.05) is 35.3 Å². The normalized spacial score (nSPS) is 14.6. The maximum atomic E-state index is 13.4. The van der Waals surface area contributed by atoms with E-state index >= 15 is 0 Å². The molecule has 0 saturated heterocycles. The molecular weight excluding hydrogens is 244 g/mol. The van der Waals surface area contributed by atoms with Crippen molar-refractivity contribution in [3.8, 4) is 0 Å². The smallest absolute Gasteiger partial charge is 0.130 e. The third-order valence-corrected chi connectivity index (χ3v) is 3.81. The second-order valence-corrected chi connectivity index (χ2v) is 5.40. The molecule has 2 nitrogen and oxygen atoms in total. The van der Waals surface area contributed by atoms with Gasteiger partial charge in [-0.25, -0.2) is 8.78 Å². The van der Waals surface area contributed by atoms with E-state index in [-0.39, 0.29) is 11.9 Å². The van der Waals surface area contributed by atoms with E-state index in [4.69, 9.17) is 10.8 Å². The highest BCUT2D eigenvalue weighted by molar-refractivity contribution is 7.99. The molecule has 0 saturated carbocycles. The van der Waals surface area contributed by atoms with E-state index in [1.165, 1.54) is 12.1 Å². The number of nitrogens with two attached hydrogens (primary N) is 1. The first-order valence-corrected chi connectivity index (χ1v) is 6.52. The molecule has 96 valence electrons. The number of thioether (sulfide) groups is 1. The van der Waals surface area contributed by atoms with Gasteiger partial charge in [-0.2, -0.15) is 11.8 Å². The number of aliphatic hydroxyl groups excluding tert-OH is 1. The summed E-state index contributed by atoms with van der Waals surface area (Å²) in [4.78, 5) is 0. The van der Waals surface area contributed by atoms with Crippen LogP contribution in [0.5, 0.6) is 0 Å². The van der Waals surface area contributed by atoms with Crippen LogP contribution in [0.3, 0.4) is 0 Å². The second-order valence-electron chi connectivity index (χ2n) is 3.93. The Bertz CT molecular complexity index is 362. The fourth-order valence-electron chi connectivity index (χ4n) is 1.43. The Labute approximate surface area is 104 Å². The van der Waals surface area contributed by atoms with Crippen molar-refractivity contribution in [3.63, 3.8) is 0 Å². The average molecular weight is 261 g/mol. The second kappa shape index (κ2) is 6.93. The van der Waals surface area contributed by atoms with Crippen molar-refractivity contribution in [2.75, 3.05) is 12.4 Å². The predicted molar refractivity (Wildman–Crippen MR) is 66.9 cm³/mol. The molecule has 17 heavy (non-hydrogen) atoms. The molecule has 0 bridgehead atoms. The maximum Gasteiger partial charge on any atom is 0.130 e. The van der Waals surface area contributed by atoms with Crippen LogP contribution in [-0.2, 0) is 0 Å². The molecule has 1 aromatic carbocycles. The lowest BCUT2D eigenvalue weighted by Crippen LogP contribution is -2.16. The molecular formula is C12H17F2NOS. The van der Waals surface area contributed by atoms with Crippen molar-refractivity contribution in [1.29, 1.82) is 0 Å². The standard InChI is InChI=1S/C12H17F2NOS/c1-8(4-5-16)17-7-12(15)10-3-2-9(13)6-11(10)14/h2-3,6,8,12,16H,4-5,7,15H2,1H3. The first-order valence-electron chi connectivity index (χ1n) is 5.47. The Hall–Kier alpha value is -0.650. The molecule has 0 spiro atoms. The minimum absolute atomic E-state index is 0.133. The lowest BCUT2D eigenvalue weighted by Gasteiger charge is -2.15. The molecule has 3 N–H and O–H groups in total. The molecule has 2 atom stereocenters. The van der Waals surface area contributed by atoms with Gasteiger partial charge < -0.3 is 10.8 Å². The number of hydrogen-bond donors (Lipinski definition) is 2. The summed E-state index contributed by atoms with van der Waals surface area (Å²) in [6, 6.07) is 2.98. The molecule has 0 aliphatic carbocycles. The molecule has 0 aliphatic heterocycles. The third kappa shape index (κ3) is 4.61. The molecule has 0 heterocycles. The first kappa shape index (κ1) is 14.4. The van der Waals surface area contributed by atoms with E-state index < -0.39 is 17.7 Å². The van der Waals surface area contributed by atoms with Crippen molar-refractivity contribution >= 4 is 11.8 Å². The van der Waals surface area contributed by atoms with Crippen molar-refractivity contribution in [1.82, 2.24) is 0 Å². The largest absolute Gasteiger partial charge is 0.396 e. The van der Waals surface area contributed by atoms with Crippen LogP contribution in [0, 0.1) is 11.6 Å². The summed E-state index contributed by atoms with van der Waals surface area (Å²) in [5.74, 6) is -0.656. The van der Waals surface area contributed by atoms with E-state index in [0.717, 1.165) is 6.07 Å². The van der Waals surface area contributed by atoms with Gasteiger partial charge >= 0.3 is 0 Å². The van der Waals surface area contributed by atoms with Crippen LogP contribution in [0.1, 0.15) is 24.9 Å². The Balaban J connectivity index is 2.54. The highest BCUT2D eigenvalue weighted by Crippen LogP contribution is 2.23. The van der Waals surface area contributed by atoms with Gasteiger partial charge in [0.1, 0.15) is 11.6 Å². The minimum atomic E-state index is -0.604. The minimum Gasteiger partial charge on any atom is -0.396 e. The van der Waals surface area contributed by atoms with Crippen LogP contribution in [0.15, 0.2) is 18.2 Å². The zero-order chi connectivity index (χ0) is 12.8. The zero-order valence-electron chi connectivity index (χ0n) is 9.70. The summed E-state index contributed by atoms with van der Waals surface area (Å²) in [7, 11) is 0. The molecule has 0 amide bonds. The number of benzene rings is 1. The molecule has 2 unspecified atom stereocenters. The fourth-order valence-corrected chi connectivity index (χ4v) is 2.41. The topological polar surface area (TPSA) is 46.2 Å². The van der Waals surface area contributed by atoms with Crippen LogP contribution in [0.25, 0.3) is 0 Å². The highest BCUT2D eigenvalue weighted by atomic mass is 32.2. The van der Waals surface area contributed by atoms with Crippen LogP contribution >= 0.6 is 11.8 Å². The number of halogens is 2. The van der Waals surface area contributed by atoms with E-state index in [0.29, 0.717) is 17.7 Å². The van der Waals surface area contributed by atoms with Crippen molar-refractivity contribution in [3.05, 3.63) is 35.4 Å². The molecule has 5 heteroatoms. The summed E-state index contributed by atoms with van der Waals surface area (Å²) >= 11 is 1.57. The summed E-state index contributed by atoms with van der Waals surface area (Å²) in [6.45, 7) is 2.11. The highest BCUT2D eigenvalue weighted by Gasteiger charge is 2.13. The molecule has 1 aromatic rings. The molecule has 0 radical (unpaired) electrons. The summed E-state index contributed by atoms with van der Waals surface area (Å²) < 4.78 is 26.1. The summed E-state index contributed by atoms with van der Waals surface area (Å²) in [6.07, 6.45) is 0.684. The number of hydrogen-bond acceptors (Lipinski definition) is 3. The number of aliphatic hydroxyl groups is 1. The summed E-state index contributed by atoms with van der Waals surface area (Å²) in [5, 5.41) is 9.02. The van der Waals surface area contributed by atoms with Crippen molar-refractivity contribution in [2.24, 2.45) is 5.73 Å². The van der Waals surface area contributed by atoms with E-state index in [1.807, 2.05) is 6.92 Å². The van der Waals surface area contributed by atoms with Gasteiger partial charge in [0.25, 0.3) is 0 Å². The van der Waals surface area contributed by atoms with Gasteiger partial charge in [0.05, 0.1) is 0 Å². The van der Waals surface area contributed by atoms with Gasteiger partial charge in [0.15, 0.2) is 0 Å². The quantitative estimate of drug-likeness (QED) is 0.827. The number of rotatable bonds is 6. The Morgan fingerprint density at radius 3 is 2.71 bits per heavy atom. The van der Waals surface area contributed by atoms with Crippen molar-refractivity contribution < 1.29 is 13.9 Å². The third-order valence-electron chi connectivity index (χ3n) is 2.46. The van der Waals surface area contributed by atoms with E-state index in [9.17, 15) is 8.78 Å². The van der Waals surface area contributed by atoms with Gasteiger partial charge in [-0.3, -0.25) is 0 Å². The van der Waals surface area contributed by atoms with E-state index in [1.54, 1.807) is 11.8 Å². The van der Waals surface area contributed by atoms with Gasteiger partial charge in [-0.1, -0.05) is 13.0 Å². The lowest BCUT2D eigenvalue weighted by atomic mass is 10.1. The molecule has 1 rings (SSSR count). The Kier molecular flexibility index (Phi) is 5.88. The van der Waals surface area contributed by atoms with Crippen LogP contribution in [0.2, 0.25) is 0 Å².